The summed E-state index contributed by atoms with van der Waals surface area (Å²) in [6.45, 7) is 5.73. The lowest BCUT2D eigenvalue weighted by atomic mass is 9.92. The molecule has 4 rings (SSSR count). The van der Waals surface area contributed by atoms with Gasteiger partial charge in [0.05, 0.1) is 29.4 Å². The maximum Gasteiger partial charge on any atom is 0.300 e. The normalized spacial score (nSPS) is 17.1. The molecule has 170 valence electrons. The molecule has 1 fully saturated rings. The lowest BCUT2D eigenvalue weighted by molar-refractivity contribution is -0.132. The van der Waals surface area contributed by atoms with Gasteiger partial charge in [0.2, 0.25) is 0 Å². The number of carbonyl (C=O) groups is 2. The number of amides is 1. The molecule has 0 bridgehead atoms. The summed E-state index contributed by atoms with van der Waals surface area (Å²) in [6.07, 6.45) is -0.00162. The first-order valence-electron chi connectivity index (χ1n) is 11.0. The van der Waals surface area contributed by atoms with E-state index in [1.54, 1.807) is 48.5 Å². The Morgan fingerprint density at radius 3 is 2.24 bits per heavy atom. The predicted octanol–water partition coefficient (Wildman–Crippen LogP) is 5.28. The molecule has 1 saturated heterocycles. The van der Waals surface area contributed by atoms with Crippen LogP contribution in [0.25, 0.3) is 5.76 Å². The van der Waals surface area contributed by atoms with Gasteiger partial charge in [-0.3, -0.25) is 14.5 Å². The van der Waals surface area contributed by atoms with Crippen molar-refractivity contribution in [2.75, 3.05) is 4.90 Å². The third-order valence-corrected chi connectivity index (χ3v) is 5.70. The van der Waals surface area contributed by atoms with Gasteiger partial charge >= 0.3 is 0 Å². The van der Waals surface area contributed by atoms with Crippen molar-refractivity contribution in [2.45, 2.75) is 32.9 Å². The fourth-order valence-electron chi connectivity index (χ4n) is 4.10. The van der Waals surface area contributed by atoms with Crippen molar-refractivity contribution in [2.24, 2.45) is 0 Å². The number of hydrogen-bond donors (Lipinski definition) is 1. The zero-order chi connectivity index (χ0) is 24.4. The molecular formula is C28H24N2O4. The molecule has 0 saturated carbocycles. The summed E-state index contributed by atoms with van der Waals surface area (Å²) in [5.74, 6) is -1.12. The molecule has 3 aromatic rings. The standard InChI is InChI=1S/C28H24N2O4/c1-17(2)34-22-14-10-20(11-15-22)26(31)24-25(23-7-5-4-6-18(23)3)30(28(33)27(24)32)21-12-8-19(16-29)9-13-21/h4-15,17,25,31H,1-3H3/b26-24-. The first kappa shape index (κ1) is 22.8. The first-order chi connectivity index (χ1) is 16.3. The van der Waals surface area contributed by atoms with Crippen LogP contribution in [0, 0.1) is 18.3 Å². The second-order valence-corrected chi connectivity index (χ2v) is 8.38. The summed E-state index contributed by atoms with van der Waals surface area (Å²) in [6, 6.07) is 21.9. The van der Waals surface area contributed by atoms with E-state index in [-0.39, 0.29) is 17.4 Å². The summed E-state index contributed by atoms with van der Waals surface area (Å²) < 4.78 is 5.66. The molecule has 34 heavy (non-hydrogen) atoms. The SMILES string of the molecule is Cc1ccccc1C1/C(=C(/O)c2ccc(OC(C)C)cc2)C(=O)C(=O)N1c1ccc(C#N)cc1. The Labute approximate surface area is 198 Å². The molecule has 1 aliphatic rings. The number of aryl methyl sites for hydroxylation is 1. The fourth-order valence-corrected chi connectivity index (χ4v) is 4.10. The van der Waals surface area contributed by atoms with Crippen LogP contribution in [0.2, 0.25) is 0 Å². The molecule has 1 aliphatic heterocycles. The fraction of sp³-hybridized carbons (Fsp3) is 0.179. The van der Waals surface area contributed by atoms with E-state index in [4.69, 9.17) is 10.00 Å². The molecule has 0 spiro atoms. The number of ether oxygens (including phenoxy) is 1. The third-order valence-electron chi connectivity index (χ3n) is 5.70. The maximum absolute atomic E-state index is 13.2. The predicted molar refractivity (Wildman–Crippen MR) is 129 cm³/mol. The van der Waals surface area contributed by atoms with Crippen molar-refractivity contribution >= 4 is 23.1 Å². The Kier molecular flexibility index (Phi) is 6.20. The van der Waals surface area contributed by atoms with Gasteiger partial charge in [-0.2, -0.15) is 5.26 Å². The van der Waals surface area contributed by atoms with Gasteiger partial charge in [-0.1, -0.05) is 24.3 Å². The van der Waals surface area contributed by atoms with E-state index in [1.807, 2.05) is 45.0 Å². The van der Waals surface area contributed by atoms with Gasteiger partial charge in [0.15, 0.2) is 0 Å². The van der Waals surface area contributed by atoms with Crippen molar-refractivity contribution in [3.8, 4) is 11.8 Å². The molecular weight excluding hydrogens is 428 g/mol. The highest BCUT2D eigenvalue weighted by Crippen LogP contribution is 2.43. The summed E-state index contributed by atoms with van der Waals surface area (Å²) in [5.41, 5.74) is 2.94. The van der Waals surface area contributed by atoms with Gasteiger partial charge in [-0.05, 0) is 80.4 Å². The highest BCUT2D eigenvalue weighted by Gasteiger charge is 2.47. The van der Waals surface area contributed by atoms with Gasteiger partial charge in [0.25, 0.3) is 11.7 Å². The number of nitrogens with zero attached hydrogens (tertiary/aromatic N) is 2. The smallest absolute Gasteiger partial charge is 0.300 e. The summed E-state index contributed by atoms with van der Waals surface area (Å²) in [4.78, 5) is 27.9. The van der Waals surface area contributed by atoms with Crippen LogP contribution in [-0.2, 0) is 9.59 Å². The number of aliphatic hydroxyl groups is 1. The molecule has 1 unspecified atom stereocenters. The Balaban J connectivity index is 1.88. The summed E-state index contributed by atoms with van der Waals surface area (Å²) in [7, 11) is 0. The second kappa shape index (κ2) is 9.24. The molecule has 6 heteroatoms. The zero-order valence-corrected chi connectivity index (χ0v) is 19.1. The van der Waals surface area contributed by atoms with Gasteiger partial charge in [-0.25, -0.2) is 0 Å². The monoisotopic (exact) mass is 452 g/mol. The van der Waals surface area contributed by atoms with Gasteiger partial charge in [-0.15, -0.1) is 0 Å². The second-order valence-electron chi connectivity index (χ2n) is 8.38. The Hall–Kier alpha value is -4.37. The first-order valence-corrected chi connectivity index (χ1v) is 11.0. The van der Waals surface area contributed by atoms with Crippen LogP contribution >= 0.6 is 0 Å². The summed E-state index contributed by atoms with van der Waals surface area (Å²) in [5, 5.41) is 20.4. The Bertz CT molecular complexity index is 1320. The van der Waals surface area contributed by atoms with Crippen LogP contribution < -0.4 is 9.64 Å². The number of hydrogen-bond acceptors (Lipinski definition) is 5. The topological polar surface area (TPSA) is 90.6 Å². The molecule has 0 aromatic heterocycles. The minimum Gasteiger partial charge on any atom is -0.507 e. The Morgan fingerprint density at radius 1 is 1.00 bits per heavy atom. The molecule has 1 atom stereocenters. The van der Waals surface area contributed by atoms with E-state index in [9.17, 15) is 14.7 Å². The Morgan fingerprint density at radius 2 is 1.65 bits per heavy atom. The average molecular weight is 453 g/mol. The van der Waals surface area contributed by atoms with Crippen molar-refractivity contribution in [1.82, 2.24) is 0 Å². The van der Waals surface area contributed by atoms with Gasteiger partial charge in [0, 0.05) is 11.3 Å². The number of ketones is 1. The minimum atomic E-state index is -0.819. The molecule has 1 amide bonds. The number of aliphatic hydroxyl groups excluding tert-OH is 1. The number of nitriles is 1. The van der Waals surface area contributed by atoms with Crippen LogP contribution in [0.4, 0.5) is 5.69 Å². The highest BCUT2D eigenvalue weighted by molar-refractivity contribution is 6.51. The van der Waals surface area contributed by atoms with E-state index >= 15 is 0 Å². The van der Waals surface area contributed by atoms with Crippen LogP contribution in [-0.4, -0.2) is 22.9 Å². The zero-order valence-electron chi connectivity index (χ0n) is 19.1. The number of benzene rings is 3. The van der Waals surface area contributed by atoms with E-state index in [0.29, 0.717) is 22.6 Å². The quantitative estimate of drug-likeness (QED) is 0.323. The lowest BCUT2D eigenvalue weighted by Gasteiger charge is -2.26. The van der Waals surface area contributed by atoms with E-state index in [1.165, 1.54) is 4.90 Å². The lowest BCUT2D eigenvalue weighted by Crippen LogP contribution is -2.29. The molecule has 0 aliphatic carbocycles. The van der Waals surface area contributed by atoms with Gasteiger partial charge in [0.1, 0.15) is 11.5 Å². The van der Waals surface area contributed by atoms with E-state index in [0.717, 1.165) is 11.1 Å². The maximum atomic E-state index is 13.2. The van der Waals surface area contributed by atoms with Crippen LogP contribution in [0.15, 0.2) is 78.4 Å². The van der Waals surface area contributed by atoms with Crippen molar-refractivity contribution < 1.29 is 19.4 Å². The molecule has 0 radical (unpaired) electrons. The molecule has 1 heterocycles. The van der Waals surface area contributed by atoms with E-state index in [2.05, 4.69) is 6.07 Å². The number of carbonyl (C=O) groups excluding carboxylic acids is 2. The van der Waals surface area contributed by atoms with Crippen LogP contribution in [0.3, 0.4) is 0 Å². The number of anilines is 1. The third kappa shape index (κ3) is 4.16. The van der Waals surface area contributed by atoms with Gasteiger partial charge < -0.3 is 9.84 Å². The van der Waals surface area contributed by atoms with Crippen molar-refractivity contribution in [1.29, 1.82) is 5.26 Å². The van der Waals surface area contributed by atoms with E-state index < -0.39 is 17.7 Å². The van der Waals surface area contributed by atoms with Crippen molar-refractivity contribution in [3.63, 3.8) is 0 Å². The number of rotatable bonds is 5. The minimum absolute atomic E-state index is 0.00162. The molecule has 1 N–H and O–H groups in total. The highest BCUT2D eigenvalue weighted by atomic mass is 16.5. The van der Waals surface area contributed by atoms with Crippen LogP contribution in [0.1, 0.15) is 42.1 Å². The van der Waals surface area contributed by atoms with Crippen LogP contribution in [0.5, 0.6) is 5.75 Å². The largest absolute Gasteiger partial charge is 0.507 e. The summed E-state index contributed by atoms with van der Waals surface area (Å²) >= 11 is 0. The number of Topliss-reactive ketones (excluding diaryl/α,β-unsaturated/α-hetero) is 1. The van der Waals surface area contributed by atoms with Crippen molar-refractivity contribution in [3.05, 3.63) is 101 Å². The molecule has 6 nitrogen and oxygen atoms in total. The average Bonchev–Trinajstić information content (AvgIpc) is 3.09. The molecule has 3 aromatic carbocycles.